The number of nitrogens with two attached hydrogens (primary N) is 1. The van der Waals surface area contributed by atoms with Crippen molar-refractivity contribution in [1.29, 1.82) is 0 Å². The zero-order valence-corrected chi connectivity index (χ0v) is 9.30. The Labute approximate surface area is 97.8 Å². The summed E-state index contributed by atoms with van der Waals surface area (Å²) in [6.45, 7) is 0. The van der Waals surface area contributed by atoms with Gasteiger partial charge in [0.15, 0.2) is 0 Å². The molecule has 1 aliphatic rings. The van der Waals surface area contributed by atoms with Crippen molar-refractivity contribution in [1.82, 2.24) is 5.32 Å². The molecule has 0 aliphatic heterocycles. The molecule has 16 heavy (non-hydrogen) atoms. The van der Waals surface area contributed by atoms with Crippen molar-refractivity contribution >= 4 is 17.5 Å². The highest BCUT2D eigenvalue weighted by atomic mass is 35.5. The number of benzene rings is 1. The lowest BCUT2D eigenvalue weighted by atomic mass is 9.87. The predicted octanol–water partition coefficient (Wildman–Crippen LogP) is 1.70. The molecular formula is C11H12ClFN2O. The molecule has 0 spiro atoms. The first-order valence-electron chi connectivity index (χ1n) is 5.08. The van der Waals surface area contributed by atoms with E-state index in [2.05, 4.69) is 5.32 Å². The number of amides is 1. The molecule has 1 fully saturated rings. The fraction of sp³-hybridized carbons (Fsp3) is 0.364. The van der Waals surface area contributed by atoms with Gasteiger partial charge in [-0.1, -0.05) is 17.7 Å². The molecule has 0 unspecified atom stereocenters. The van der Waals surface area contributed by atoms with E-state index in [1.54, 1.807) is 0 Å². The molecule has 2 rings (SSSR count). The van der Waals surface area contributed by atoms with E-state index in [4.69, 9.17) is 17.3 Å². The van der Waals surface area contributed by atoms with Gasteiger partial charge >= 0.3 is 0 Å². The Kier molecular flexibility index (Phi) is 3.12. The summed E-state index contributed by atoms with van der Waals surface area (Å²) >= 11 is 5.70. The number of hydrogen-bond acceptors (Lipinski definition) is 2. The van der Waals surface area contributed by atoms with Gasteiger partial charge in [-0.3, -0.25) is 4.79 Å². The van der Waals surface area contributed by atoms with E-state index >= 15 is 0 Å². The van der Waals surface area contributed by atoms with Crippen molar-refractivity contribution < 1.29 is 9.18 Å². The highest BCUT2D eigenvalue weighted by Crippen LogP contribution is 2.22. The minimum atomic E-state index is -0.584. The van der Waals surface area contributed by atoms with Crippen molar-refractivity contribution in [2.75, 3.05) is 0 Å². The summed E-state index contributed by atoms with van der Waals surface area (Å²) < 4.78 is 13.1. The Morgan fingerprint density at radius 1 is 1.50 bits per heavy atom. The quantitative estimate of drug-likeness (QED) is 0.829. The van der Waals surface area contributed by atoms with Crippen LogP contribution in [-0.2, 0) is 0 Å². The van der Waals surface area contributed by atoms with Crippen molar-refractivity contribution in [3.05, 3.63) is 34.6 Å². The molecule has 0 radical (unpaired) electrons. The Hall–Kier alpha value is -1.13. The van der Waals surface area contributed by atoms with Crippen molar-refractivity contribution in [3.63, 3.8) is 0 Å². The summed E-state index contributed by atoms with van der Waals surface area (Å²) in [5.74, 6) is -0.930. The van der Waals surface area contributed by atoms with Gasteiger partial charge in [0.1, 0.15) is 5.82 Å². The second-order valence-corrected chi connectivity index (χ2v) is 4.38. The Bertz CT molecular complexity index is 418. The number of carbonyl (C=O) groups excluding carboxylic acids is 1. The number of nitrogens with one attached hydrogen (secondary N) is 1. The van der Waals surface area contributed by atoms with Crippen LogP contribution in [0.15, 0.2) is 18.2 Å². The van der Waals surface area contributed by atoms with Gasteiger partial charge in [-0.2, -0.15) is 0 Å². The maximum absolute atomic E-state index is 13.1. The molecule has 1 amide bonds. The third-order valence-corrected chi connectivity index (χ3v) is 3.09. The van der Waals surface area contributed by atoms with Gasteiger partial charge in [-0.25, -0.2) is 4.39 Å². The highest BCUT2D eigenvalue weighted by molar-refractivity contribution is 6.34. The van der Waals surface area contributed by atoms with Gasteiger partial charge in [-0.05, 0) is 25.0 Å². The van der Waals surface area contributed by atoms with E-state index in [0.29, 0.717) is 0 Å². The minimum Gasteiger partial charge on any atom is -0.349 e. The van der Waals surface area contributed by atoms with Crippen LogP contribution in [0.5, 0.6) is 0 Å². The summed E-state index contributed by atoms with van der Waals surface area (Å²) in [6, 6.07) is 4.43. The van der Waals surface area contributed by atoms with Gasteiger partial charge in [0.2, 0.25) is 0 Å². The molecule has 1 aromatic rings. The smallest absolute Gasteiger partial charge is 0.253 e. The Morgan fingerprint density at radius 2 is 2.19 bits per heavy atom. The van der Waals surface area contributed by atoms with Gasteiger partial charge in [0.25, 0.3) is 5.91 Å². The summed E-state index contributed by atoms with van der Waals surface area (Å²) in [6.07, 6.45) is 1.53. The van der Waals surface area contributed by atoms with E-state index in [1.165, 1.54) is 18.2 Å². The van der Waals surface area contributed by atoms with Gasteiger partial charge < -0.3 is 11.1 Å². The highest BCUT2D eigenvalue weighted by Gasteiger charge is 2.28. The normalized spacial score (nSPS) is 23.7. The van der Waals surface area contributed by atoms with Crippen LogP contribution in [0.25, 0.3) is 0 Å². The molecule has 0 atom stereocenters. The van der Waals surface area contributed by atoms with E-state index in [0.717, 1.165) is 12.8 Å². The van der Waals surface area contributed by atoms with E-state index in [-0.39, 0.29) is 28.6 Å². The SMILES string of the molecule is NC1CC(NC(=O)c2cccc(F)c2Cl)C1. The summed E-state index contributed by atoms with van der Waals surface area (Å²) in [5, 5.41) is 2.63. The monoisotopic (exact) mass is 242 g/mol. The third-order valence-electron chi connectivity index (χ3n) is 2.71. The van der Waals surface area contributed by atoms with Crippen molar-refractivity contribution in [2.24, 2.45) is 5.73 Å². The molecule has 3 N–H and O–H groups in total. The molecule has 0 aromatic heterocycles. The molecule has 1 saturated carbocycles. The number of halogens is 2. The van der Waals surface area contributed by atoms with E-state index in [9.17, 15) is 9.18 Å². The van der Waals surface area contributed by atoms with Crippen LogP contribution in [-0.4, -0.2) is 18.0 Å². The fourth-order valence-electron chi connectivity index (χ4n) is 1.72. The predicted molar refractivity (Wildman–Crippen MR) is 59.9 cm³/mol. The largest absolute Gasteiger partial charge is 0.349 e. The van der Waals surface area contributed by atoms with Crippen LogP contribution in [0, 0.1) is 5.82 Å². The summed E-state index contributed by atoms with van der Waals surface area (Å²) in [7, 11) is 0. The molecule has 3 nitrogen and oxygen atoms in total. The fourth-order valence-corrected chi connectivity index (χ4v) is 1.93. The second-order valence-electron chi connectivity index (χ2n) is 4.00. The van der Waals surface area contributed by atoms with Gasteiger partial charge in [-0.15, -0.1) is 0 Å². The first-order chi connectivity index (χ1) is 7.58. The second kappa shape index (κ2) is 4.39. The molecule has 1 aliphatic carbocycles. The molecule has 1 aromatic carbocycles. The lowest BCUT2D eigenvalue weighted by Gasteiger charge is -2.33. The van der Waals surface area contributed by atoms with Crippen molar-refractivity contribution in [2.45, 2.75) is 24.9 Å². The third kappa shape index (κ3) is 2.18. The lowest BCUT2D eigenvalue weighted by molar-refractivity contribution is 0.0910. The van der Waals surface area contributed by atoms with Gasteiger partial charge in [0.05, 0.1) is 10.6 Å². The number of hydrogen-bond donors (Lipinski definition) is 2. The number of carbonyl (C=O) groups is 1. The average Bonchev–Trinajstić information content (AvgIpc) is 2.19. The topological polar surface area (TPSA) is 55.1 Å². The Morgan fingerprint density at radius 3 is 2.81 bits per heavy atom. The zero-order chi connectivity index (χ0) is 11.7. The Balaban J connectivity index is 2.06. The summed E-state index contributed by atoms with van der Waals surface area (Å²) in [5.41, 5.74) is 5.77. The maximum Gasteiger partial charge on any atom is 0.253 e. The van der Waals surface area contributed by atoms with E-state index < -0.39 is 5.82 Å². The van der Waals surface area contributed by atoms with Gasteiger partial charge in [0, 0.05) is 12.1 Å². The first-order valence-corrected chi connectivity index (χ1v) is 5.46. The van der Waals surface area contributed by atoms with Crippen LogP contribution < -0.4 is 11.1 Å². The lowest BCUT2D eigenvalue weighted by Crippen LogP contribution is -2.50. The van der Waals surface area contributed by atoms with Crippen LogP contribution in [0.2, 0.25) is 5.02 Å². The molecule has 0 saturated heterocycles. The summed E-state index contributed by atoms with van der Waals surface area (Å²) in [4.78, 5) is 11.7. The zero-order valence-electron chi connectivity index (χ0n) is 8.54. The number of rotatable bonds is 2. The van der Waals surface area contributed by atoms with Crippen LogP contribution in [0.4, 0.5) is 4.39 Å². The maximum atomic E-state index is 13.1. The molecule has 86 valence electrons. The molecular weight excluding hydrogens is 231 g/mol. The molecule has 0 heterocycles. The molecule has 5 heteroatoms. The van der Waals surface area contributed by atoms with Crippen LogP contribution in [0.3, 0.4) is 0 Å². The van der Waals surface area contributed by atoms with E-state index in [1.807, 2.05) is 0 Å². The van der Waals surface area contributed by atoms with Crippen LogP contribution >= 0.6 is 11.6 Å². The molecule has 0 bridgehead atoms. The average molecular weight is 243 g/mol. The van der Waals surface area contributed by atoms with Crippen LogP contribution in [0.1, 0.15) is 23.2 Å². The first kappa shape index (κ1) is 11.4. The minimum absolute atomic E-state index is 0.0850. The van der Waals surface area contributed by atoms with Crippen molar-refractivity contribution in [3.8, 4) is 0 Å². The standard InChI is InChI=1S/C11H12ClFN2O/c12-10-8(2-1-3-9(10)13)11(16)15-7-4-6(14)5-7/h1-3,6-7H,4-5,14H2,(H,15,16).